The number of hydrogen-bond acceptors (Lipinski definition) is 4. The van der Waals surface area contributed by atoms with Crippen molar-refractivity contribution in [2.45, 2.75) is 45.6 Å². The van der Waals surface area contributed by atoms with Crippen LogP contribution in [0.25, 0.3) is 11.0 Å². The quantitative estimate of drug-likeness (QED) is 0.441. The largest absolute Gasteiger partial charge is 0.494 e. The van der Waals surface area contributed by atoms with E-state index in [1.165, 1.54) is 12.7 Å². The van der Waals surface area contributed by atoms with Gasteiger partial charge >= 0.3 is 0 Å². The van der Waals surface area contributed by atoms with Crippen molar-refractivity contribution in [1.29, 1.82) is 0 Å². The number of aryl methyl sites for hydroxylation is 2. The molecule has 1 aromatic heterocycles. The van der Waals surface area contributed by atoms with Crippen LogP contribution in [0.3, 0.4) is 0 Å². The second-order valence-corrected chi connectivity index (χ2v) is 7.98. The lowest BCUT2D eigenvalue weighted by Crippen LogP contribution is -2.28. The zero-order chi connectivity index (χ0) is 22.1. The van der Waals surface area contributed by atoms with Crippen LogP contribution in [-0.2, 0) is 22.5 Å². The maximum Gasteiger partial charge on any atom is 0.245 e. The lowest BCUT2D eigenvalue weighted by Gasteiger charge is -2.11. The number of carbonyl (C=O) groups is 1. The molecule has 6 nitrogen and oxygen atoms in total. The number of rotatable bonds is 12. The first-order chi connectivity index (χ1) is 15.1. The Bertz CT molecular complexity index is 964. The third-order valence-corrected chi connectivity index (χ3v) is 5.25. The molecule has 1 N–H and O–H groups in total. The zero-order valence-electron chi connectivity index (χ0n) is 18.8. The molecule has 0 radical (unpaired) electrons. The molecule has 6 heteroatoms. The number of hydrogen-bond donors (Lipinski definition) is 1. The zero-order valence-corrected chi connectivity index (χ0v) is 18.8. The van der Waals surface area contributed by atoms with E-state index in [-0.39, 0.29) is 12.5 Å². The highest BCUT2D eigenvalue weighted by atomic mass is 16.5. The van der Waals surface area contributed by atoms with Gasteiger partial charge in [-0.05, 0) is 48.6 Å². The van der Waals surface area contributed by atoms with Crippen molar-refractivity contribution in [2.75, 3.05) is 26.9 Å². The van der Waals surface area contributed by atoms with Crippen molar-refractivity contribution in [3.8, 4) is 5.75 Å². The SMILES string of the molecule is COCC(=O)NCCCc1nc2ccccc2n1CCCOc1ccc(C(C)C)cc1. The summed E-state index contributed by atoms with van der Waals surface area (Å²) >= 11 is 0. The summed E-state index contributed by atoms with van der Waals surface area (Å²) in [6, 6.07) is 16.6. The van der Waals surface area contributed by atoms with Crippen molar-refractivity contribution in [3.05, 3.63) is 59.9 Å². The van der Waals surface area contributed by atoms with Gasteiger partial charge in [0, 0.05) is 26.6 Å². The van der Waals surface area contributed by atoms with E-state index in [9.17, 15) is 4.79 Å². The number of ether oxygens (including phenoxy) is 2. The molecule has 0 unspecified atom stereocenters. The van der Waals surface area contributed by atoms with Gasteiger partial charge in [-0.2, -0.15) is 0 Å². The van der Waals surface area contributed by atoms with Gasteiger partial charge in [-0.25, -0.2) is 4.98 Å². The highest BCUT2D eigenvalue weighted by molar-refractivity contribution is 5.77. The average molecular weight is 424 g/mol. The number of fused-ring (bicyclic) bond motifs is 1. The second kappa shape index (κ2) is 11.5. The van der Waals surface area contributed by atoms with Gasteiger partial charge in [0.2, 0.25) is 5.91 Å². The van der Waals surface area contributed by atoms with Crippen LogP contribution in [-0.4, -0.2) is 42.3 Å². The molecule has 0 fully saturated rings. The molecule has 3 rings (SSSR count). The molecule has 0 saturated heterocycles. The van der Waals surface area contributed by atoms with Crippen molar-refractivity contribution < 1.29 is 14.3 Å². The summed E-state index contributed by atoms with van der Waals surface area (Å²) in [7, 11) is 1.52. The minimum Gasteiger partial charge on any atom is -0.494 e. The van der Waals surface area contributed by atoms with Gasteiger partial charge in [-0.1, -0.05) is 38.1 Å². The highest BCUT2D eigenvalue weighted by Gasteiger charge is 2.10. The Balaban J connectivity index is 1.54. The molecule has 0 bridgehead atoms. The van der Waals surface area contributed by atoms with Crippen molar-refractivity contribution >= 4 is 16.9 Å². The van der Waals surface area contributed by atoms with E-state index in [2.05, 4.69) is 41.9 Å². The first kappa shape index (κ1) is 22.8. The van der Waals surface area contributed by atoms with Gasteiger partial charge in [-0.3, -0.25) is 4.79 Å². The van der Waals surface area contributed by atoms with Gasteiger partial charge in [0.05, 0.1) is 17.6 Å². The van der Waals surface area contributed by atoms with Crippen LogP contribution in [0.15, 0.2) is 48.5 Å². The van der Waals surface area contributed by atoms with Gasteiger partial charge in [0.1, 0.15) is 18.2 Å². The minimum absolute atomic E-state index is 0.0884. The summed E-state index contributed by atoms with van der Waals surface area (Å²) in [6.45, 7) is 6.59. The number of amides is 1. The second-order valence-electron chi connectivity index (χ2n) is 7.98. The predicted molar refractivity (Wildman–Crippen MR) is 124 cm³/mol. The summed E-state index contributed by atoms with van der Waals surface area (Å²) in [5.41, 5.74) is 3.47. The monoisotopic (exact) mass is 423 g/mol. The number of para-hydroxylation sites is 2. The van der Waals surface area contributed by atoms with E-state index in [4.69, 9.17) is 14.5 Å². The summed E-state index contributed by atoms with van der Waals surface area (Å²) in [4.78, 5) is 16.3. The van der Waals surface area contributed by atoms with Crippen molar-refractivity contribution in [3.63, 3.8) is 0 Å². The first-order valence-electron chi connectivity index (χ1n) is 11.0. The number of benzene rings is 2. The molecular weight excluding hydrogens is 390 g/mol. The lowest BCUT2D eigenvalue weighted by molar-refractivity contribution is -0.124. The summed E-state index contributed by atoms with van der Waals surface area (Å²) in [5, 5.41) is 2.87. The van der Waals surface area contributed by atoms with E-state index in [0.29, 0.717) is 19.1 Å². The van der Waals surface area contributed by atoms with Gasteiger partial charge in [0.25, 0.3) is 0 Å². The molecule has 1 amide bonds. The van der Waals surface area contributed by atoms with Crippen LogP contribution >= 0.6 is 0 Å². The van der Waals surface area contributed by atoms with Gasteiger partial charge < -0.3 is 19.4 Å². The Morgan fingerprint density at radius 1 is 1.10 bits per heavy atom. The van der Waals surface area contributed by atoms with Crippen LogP contribution in [0.2, 0.25) is 0 Å². The third kappa shape index (κ3) is 6.56. The Morgan fingerprint density at radius 2 is 1.87 bits per heavy atom. The lowest BCUT2D eigenvalue weighted by atomic mass is 10.0. The fourth-order valence-electron chi connectivity index (χ4n) is 3.58. The van der Waals surface area contributed by atoms with Crippen molar-refractivity contribution in [1.82, 2.24) is 14.9 Å². The van der Waals surface area contributed by atoms with Crippen LogP contribution in [0.4, 0.5) is 0 Å². The average Bonchev–Trinajstić information content (AvgIpc) is 3.12. The smallest absolute Gasteiger partial charge is 0.245 e. The van der Waals surface area contributed by atoms with Crippen LogP contribution in [0.1, 0.15) is 44.0 Å². The molecule has 166 valence electrons. The van der Waals surface area contributed by atoms with Gasteiger partial charge in [0.15, 0.2) is 0 Å². The fraction of sp³-hybridized carbons (Fsp3) is 0.440. The number of methoxy groups -OCH3 is 1. The molecule has 0 aliphatic heterocycles. The van der Waals surface area contributed by atoms with Gasteiger partial charge in [-0.15, -0.1) is 0 Å². The predicted octanol–water partition coefficient (Wildman–Crippen LogP) is 4.32. The number of imidazole rings is 1. The first-order valence-corrected chi connectivity index (χ1v) is 11.0. The Labute approximate surface area is 184 Å². The molecule has 31 heavy (non-hydrogen) atoms. The number of aromatic nitrogens is 2. The third-order valence-electron chi connectivity index (χ3n) is 5.25. The highest BCUT2D eigenvalue weighted by Crippen LogP contribution is 2.20. The Hall–Kier alpha value is -2.86. The van der Waals surface area contributed by atoms with Crippen LogP contribution < -0.4 is 10.1 Å². The minimum atomic E-state index is -0.0884. The van der Waals surface area contributed by atoms with Crippen molar-refractivity contribution in [2.24, 2.45) is 0 Å². The molecule has 3 aromatic rings. The number of nitrogens with zero attached hydrogens (tertiary/aromatic N) is 2. The number of carbonyl (C=O) groups excluding carboxylic acids is 1. The fourth-order valence-corrected chi connectivity index (χ4v) is 3.58. The topological polar surface area (TPSA) is 65.4 Å². The van der Waals surface area contributed by atoms with E-state index in [1.54, 1.807) is 0 Å². The molecule has 0 aliphatic carbocycles. The number of nitrogens with one attached hydrogen (secondary N) is 1. The Kier molecular flexibility index (Phi) is 8.47. The Morgan fingerprint density at radius 3 is 2.61 bits per heavy atom. The van der Waals surface area contributed by atoms with E-state index < -0.39 is 0 Å². The van der Waals surface area contributed by atoms with E-state index in [1.807, 2.05) is 30.3 Å². The maximum atomic E-state index is 11.5. The summed E-state index contributed by atoms with van der Waals surface area (Å²) in [5.74, 6) is 2.39. The molecule has 0 saturated carbocycles. The molecule has 1 heterocycles. The summed E-state index contributed by atoms with van der Waals surface area (Å²) < 4.78 is 13.1. The molecule has 0 spiro atoms. The molecule has 0 aliphatic rings. The van der Waals surface area contributed by atoms with Crippen LogP contribution in [0.5, 0.6) is 5.75 Å². The molecule has 2 aromatic carbocycles. The molecular formula is C25H33N3O3. The summed E-state index contributed by atoms with van der Waals surface area (Å²) in [6.07, 6.45) is 2.53. The van der Waals surface area contributed by atoms with E-state index in [0.717, 1.165) is 48.4 Å². The maximum absolute atomic E-state index is 11.5. The van der Waals surface area contributed by atoms with Crippen LogP contribution in [0, 0.1) is 0 Å². The standard InChI is InChI=1S/C25H33N3O3/c1-19(2)20-11-13-21(14-12-20)31-17-7-16-28-23-9-5-4-8-22(23)27-24(28)10-6-15-26-25(29)18-30-3/h4-5,8-9,11-14,19H,6-7,10,15-18H2,1-3H3,(H,26,29). The molecule has 0 atom stereocenters. The normalized spacial score (nSPS) is 11.2. The van der Waals surface area contributed by atoms with E-state index >= 15 is 0 Å².